The van der Waals surface area contributed by atoms with Gasteiger partial charge in [-0.3, -0.25) is 4.84 Å². The lowest BCUT2D eigenvalue weighted by Gasteiger charge is -2.30. The summed E-state index contributed by atoms with van der Waals surface area (Å²) in [5, 5.41) is 9.01. The molecular formula is C50H99NO10S. The van der Waals surface area contributed by atoms with E-state index >= 15 is 0 Å². The van der Waals surface area contributed by atoms with Crippen molar-refractivity contribution in [2.24, 2.45) is 71.0 Å². The molecule has 1 unspecified atom stereocenters. The molecule has 1 aromatic rings. The first-order valence-electron chi connectivity index (χ1n) is 23.7. The molecule has 0 saturated carbocycles. The summed E-state index contributed by atoms with van der Waals surface area (Å²) in [5.74, 6) is 11.0. The molecule has 0 fully saturated rings. The largest absolute Gasteiger partial charge is 0.467 e. The minimum Gasteiger partial charge on any atom is -0.467 e. The fourth-order valence-electron chi connectivity index (χ4n) is 7.63. The van der Waals surface area contributed by atoms with Crippen molar-refractivity contribution in [2.75, 3.05) is 65.3 Å². The van der Waals surface area contributed by atoms with E-state index in [2.05, 4.69) is 123 Å². The van der Waals surface area contributed by atoms with Crippen molar-refractivity contribution < 1.29 is 43.1 Å². The van der Waals surface area contributed by atoms with Gasteiger partial charge in [0.25, 0.3) is 5.09 Å². The molecule has 0 spiro atoms. The van der Waals surface area contributed by atoms with Crippen LogP contribution in [0.15, 0.2) is 24.3 Å². The molecule has 0 amide bonds. The minimum atomic E-state index is -0.908. The lowest BCUT2D eigenvalue weighted by Crippen LogP contribution is -2.30. The van der Waals surface area contributed by atoms with Gasteiger partial charge in [-0.1, -0.05) is 123 Å². The lowest BCUT2D eigenvalue weighted by atomic mass is 9.81. The number of hydrogen-bond acceptors (Lipinski definition) is 11. The maximum Gasteiger partial charge on any atom is 0.296 e. The lowest BCUT2D eigenvalue weighted by molar-refractivity contribution is -0.767. The first-order chi connectivity index (χ1) is 29.1. The first-order valence-corrected chi connectivity index (χ1v) is 24.8. The highest BCUT2D eigenvalue weighted by Gasteiger charge is 2.25. The monoisotopic (exact) mass is 906 g/mol. The van der Waals surface area contributed by atoms with Gasteiger partial charge in [0.15, 0.2) is 13.6 Å². The zero-order valence-corrected chi connectivity index (χ0v) is 44.3. The van der Waals surface area contributed by atoms with Crippen molar-refractivity contribution in [3.8, 4) is 5.75 Å². The summed E-state index contributed by atoms with van der Waals surface area (Å²) in [7, 11) is 0. The Hall–Kier alpha value is -1.67. The Morgan fingerprint density at radius 3 is 1.42 bits per heavy atom. The molecular weight excluding hydrogens is 807 g/mol. The Kier molecular flexibility index (Phi) is 42.5. The Morgan fingerprint density at radius 2 is 1.00 bits per heavy atom. The minimum absolute atomic E-state index is 0.0895. The van der Waals surface area contributed by atoms with E-state index in [0.29, 0.717) is 72.6 Å². The SMILES string of the molecule is CC(C)C(Cc1ccc(OCOCO[N+](=O)[O-])cc1)C(C)C.CCOCOC(C)C(C(C)C)C(C)C.CCOCOCC(C(C)C)C(C)C.CCOCSCC(C(C)C)C(C)C. The average molecular weight is 906 g/mol. The van der Waals surface area contributed by atoms with Gasteiger partial charge in [0.05, 0.1) is 18.6 Å². The van der Waals surface area contributed by atoms with Gasteiger partial charge in [0.1, 0.15) is 19.3 Å². The van der Waals surface area contributed by atoms with Crippen LogP contribution in [0.5, 0.6) is 5.75 Å². The summed E-state index contributed by atoms with van der Waals surface area (Å²) in [6.07, 6.45) is 1.32. The highest BCUT2D eigenvalue weighted by atomic mass is 32.2. The molecule has 0 heterocycles. The molecule has 0 aromatic heterocycles. The second kappa shape index (κ2) is 40.8. The fraction of sp³-hybridized carbons (Fsp3) is 0.880. The van der Waals surface area contributed by atoms with Crippen molar-refractivity contribution in [3.05, 3.63) is 39.9 Å². The predicted octanol–water partition coefficient (Wildman–Crippen LogP) is 13.6. The molecule has 0 N–H and O–H groups in total. The van der Waals surface area contributed by atoms with Crippen molar-refractivity contribution in [1.82, 2.24) is 0 Å². The van der Waals surface area contributed by atoms with Crippen LogP contribution >= 0.6 is 11.8 Å². The Bertz CT molecular complexity index is 1060. The molecule has 0 aliphatic carbocycles. The van der Waals surface area contributed by atoms with Gasteiger partial charge in [-0.25, -0.2) is 0 Å². The van der Waals surface area contributed by atoms with Gasteiger partial charge in [0.2, 0.25) is 0 Å². The second-order valence-corrected chi connectivity index (χ2v) is 19.7. The second-order valence-electron chi connectivity index (χ2n) is 18.8. The summed E-state index contributed by atoms with van der Waals surface area (Å²) in [6.45, 7) is 47.9. The topological polar surface area (TPSA) is 117 Å². The van der Waals surface area contributed by atoms with E-state index in [-0.39, 0.29) is 12.9 Å². The molecule has 1 rings (SSSR count). The zero-order chi connectivity index (χ0) is 48.2. The molecule has 1 atom stereocenters. The number of rotatable bonds is 31. The molecule has 11 nitrogen and oxygen atoms in total. The molecule has 0 aliphatic heterocycles. The van der Waals surface area contributed by atoms with Crippen molar-refractivity contribution in [3.63, 3.8) is 0 Å². The standard InChI is InChI=1S/C16H25NO5.C12H26O2.C11H24O2.C11H24OS/c1-12(2)16(13(3)4)9-14-5-7-15(8-6-14)21-10-20-11-22-17(18)19;1-7-13-8-14-11(6)12(9(2)3)10(4)5;2*1-6-12-8-13-7-11(9(2)3)10(4)5/h5-8,12-13,16H,9-11H2,1-4H3;9-12H,7-8H2,1-6H3;2*9-11H,6-8H2,1-5H3. The Labute approximate surface area is 386 Å². The van der Waals surface area contributed by atoms with Crippen LogP contribution in [0.3, 0.4) is 0 Å². The van der Waals surface area contributed by atoms with Crippen molar-refractivity contribution >= 4 is 11.8 Å². The summed E-state index contributed by atoms with van der Waals surface area (Å²) in [5.41, 5.74) is 1.28. The summed E-state index contributed by atoms with van der Waals surface area (Å²) in [4.78, 5) is 13.9. The van der Waals surface area contributed by atoms with Crippen LogP contribution < -0.4 is 4.74 Å². The van der Waals surface area contributed by atoms with E-state index in [1.807, 2.05) is 56.8 Å². The molecule has 0 saturated heterocycles. The van der Waals surface area contributed by atoms with Crippen molar-refractivity contribution in [2.45, 2.75) is 151 Å². The van der Waals surface area contributed by atoms with E-state index in [4.69, 9.17) is 33.2 Å². The zero-order valence-electron chi connectivity index (χ0n) is 43.5. The van der Waals surface area contributed by atoms with E-state index in [1.54, 1.807) is 0 Å². The highest BCUT2D eigenvalue weighted by molar-refractivity contribution is 7.99. The van der Waals surface area contributed by atoms with Crippen LogP contribution in [0, 0.1) is 81.1 Å². The smallest absolute Gasteiger partial charge is 0.296 e. The first kappa shape index (κ1) is 64.6. The van der Waals surface area contributed by atoms with Gasteiger partial charge in [-0.15, -0.1) is 21.9 Å². The van der Waals surface area contributed by atoms with Crippen LogP contribution in [-0.4, -0.2) is 76.5 Å². The maximum absolute atomic E-state index is 9.92. The Morgan fingerprint density at radius 1 is 0.532 bits per heavy atom. The van der Waals surface area contributed by atoms with Crippen LogP contribution in [0.1, 0.15) is 144 Å². The summed E-state index contributed by atoms with van der Waals surface area (Å²) < 4.78 is 36.8. The third-order valence-corrected chi connectivity index (χ3v) is 12.1. The van der Waals surface area contributed by atoms with Crippen LogP contribution in [0.4, 0.5) is 0 Å². The van der Waals surface area contributed by atoms with E-state index < -0.39 is 11.9 Å². The third-order valence-electron chi connectivity index (χ3n) is 11.1. The molecule has 0 radical (unpaired) electrons. The van der Waals surface area contributed by atoms with E-state index in [9.17, 15) is 10.1 Å². The quantitative estimate of drug-likeness (QED) is 0.0307. The number of ether oxygens (including phenoxy) is 7. The number of benzene rings is 1. The van der Waals surface area contributed by atoms with Gasteiger partial charge in [0, 0.05) is 19.8 Å². The maximum atomic E-state index is 9.92. The third kappa shape index (κ3) is 35.7. The predicted molar refractivity (Wildman–Crippen MR) is 261 cm³/mol. The molecule has 0 aliphatic rings. The van der Waals surface area contributed by atoms with Crippen LogP contribution in [-0.2, 0) is 39.7 Å². The molecule has 370 valence electrons. The average Bonchev–Trinajstić information content (AvgIpc) is 3.17. The van der Waals surface area contributed by atoms with Crippen LogP contribution in [0.2, 0.25) is 0 Å². The fourth-order valence-corrected chi connectivity index (χ4v) is 9.05. The molecule has 12 heteroatoms. The number of hydrogen-bond donors (Lipinski definition) is 0. The number of nitrogens with zero attached hydrogens (tertiary/aromatic N) is 1. The number of thioether (sulfide) groups is 1. The van der Waals surface area contributed by atoms with E-state index in [0.717, 1.165) is 56.5 Å². The van der Waals surface area contributed by atoms with Crippen LogP contribution in [0.25, 0.3) is 0 Å². The Balaban J connectivity index is -0.000000773. The van der Waals surface area contributed by atoms with Gasteiger partial charge >= 0.3 is 0 Å². The van der Waals surface area contributed by atoms with Gasteiger partial charge in [-0.05, 0) is 129 Å². The van der Waals surface area contributed by atoms with Crippen molar-refractivity contribution in [1.29, 1.82) is 0 Å². The molecule has 1 aromatic carbocycles. The summed E-state index contributed by atoms with van der Waals surface area (Å²) in [6, 6.07) is 7.84. The molecule has 0 bridgehead atoms. The normalized spacial score (nSPS) is 12.3. The van der Waals surface area contributed by atoms with Gasteiger partial charge < -0.3 is 33.2 Å². The highest BCUT2D eigenvalue weighted by Crippen LogP contribution is 2.28. The summed E-state index contributed by atoms with van der Waals surface area (Å²) >= 11 is 1.92. The van der Waals surface area contributed by atoms with Gasteiger partial charge in [-0.2, -0.15) is 0 Å². The van der Waals surface area contributed by atoms with E-state index in [1.165, 1.54) is 11.3 Å². The molecule has 62 heavy (non-hydrogen) atoms.